The first-order chi connectivity index (χ1) is 15.6. The quantitative estimate of drug-likeness (QED) is 0.388. The highest BCUT2D eigenvalue weighted by Crippen LogP contribution is 2.40. The maximum Gasteiger partial charge on any atom is 0.453 e. The zero-order valence-corrected chi connectivity index (χ0v) is 18.7. The number of nitrogens with one attached hydrogen (secondary N) is 1. The van der Waals surface area contributed by atoms with Crippen molar-refractivity contribution >= 4 is 11.9 Å². The van der Waals surface area contributed by atoms with E-state index in [2.05, 4.69) is 5.32 Å². The van der Waals surface area contributed by atoms with Crippen molar-refractivity contribution in [3.63, 3.8) is 0 Å². The van der Waals surface area contributed by atoms with E-state index in [-0.39, 0.29) is 23.6 Å². The van der Waals surface area contributed by atoms with Crippen molar-refractivity contribution in [2.75, 3.05) is 14.2 Å². The number of benzene rings is 2. The van der Waals surface area contributed by atoms with E-state index in [1.807, 2.05) is 13.8 Å². The lowest BCUT2D eigenvalue weighted by Gasteiger charge is -2.26. The van der Waals surface area contributed by atoms with Crippen LogP contribution < -0.4 is 24.3 Å². The van der Waals surface area contributed by atoms with Gasteiger partial charge < -0.3 is 39.6 Å². The van der Waals surface area contributed by atoms with Crippen LogP contribution in [0.5, 0.6) is 23.0 Å². The maximum atomic E-state index is 11.4. The minimum atomic E-state index is -2.79. The Hall–Kier alpha value is -3.50. The van der Waals surface area contributed by atoms with Crippen LogP contribution in [0.1, 0.15) is 31.1 Å². The fraction of sp³-hybridized carbons (Fsp3) is 0.391. The van der Waals surface area contributed by atoms with Crippen LogP contribution in [0.3, 0.4) is 0 Å². The topological polar surface area (TPSA) is 144 Å². The predicted octanol–water partition coefficient (Wildman–Crippen LogP) is 1.98. The highest BCUT2D eigenvalue weighted by Gasteiger charge is 2.57. The molecule has 10 nitrogen and oxygen atoms in total. The van der Waals surface area contributed by atoms with E-state index in [4.69, 9.17) is 18.9 Å². The lowest BCUT2D eigenvalue weighted by molar-refractivity contribution is -0.194. The molecule has 3 unspecified atom stereocenters. The van der Waals surface area contributed by atoms with Crippen LogP contribution in [0.4, 0.5) is 0 Å². The number of aliphatic carboxylic acids is 2. The molecule has 10 heteroatoms. The zero-order chi connectivity index (χ0) is 24.3. The molecule has 0 bridgehead atoms. The molecule has 3 atom stereocenters. The van der Waals surface area contributed by atoms with E-state index in [1.54, 1.807) is 37.4 Å². The fourth-order valence-electron chi connectivity index (χ4n) is 3.73. The van der Waals surface area contributed by atoms with E-state index < -0.39 is 23.8 Å². The SMILES string of the molecule is COc1ccc(OC)c(C(O)C(C)NC(C)Cc2ccc3c(c2)OC(C(=O)O)(C(=O)O)O3)c1. The van der Waals surface area contributed by atoms with Gasteiger partial charge in [-0.15, -0.1) is 0 Å². The first-order valence-electron chi connectivity index (χ1n) is 10.2. The Morgan fingerprint density at radius 2 is 1.67 bits per heavy atom. The molecule has 0 radical (unpaired) electrons. The zero-order valence-electron chi connectivity index (χ0n) is 18.7. The van der Waals surface area contributed by atoms with Crippen LogP contribution in [0.15, 0.2) is 36.4 Å². The van der Waals surface area contributed by atoms with Crippen molar-refractivity contribution in [3.05, 3.63) is 47.5 Å². The second-order valence-corrected chi connectivity index (χ2v) is 7.83. The monoisotopic (exact) mass is 461 g/mol. The number of aliphatic hydroxyl groups is 1. The standard InChI is InChI=1S/C23H27NO9/c1-12(24-13(2)20(25)16-11-15(30-3)6-8-17(16)31-4)9-14-5-7-18-19(10-14)33-23(32-18,21(26)27)22(28)29/h5-8,10-13,20,24-25H,9H2,1-4H3,(H,26,27)(H,28,29). The Kier molecular flexibility index (Phi) is 6.99. The largest absolute Gasteiger partial charge is 0.497 e. The molecule has 3 rings (SSSR count). The second kappa shape index (κ2) is 9.55. The summed E-state index contributed by atoms with van der Waals surface area (Å²) in [5.74, 6) is -5.07. The first-order valence-corrected chi connectivity index (χ1v) is 10.2. The van der Waals surface area contributed by atoms with Gasteiger partial charge in [-0.2, -0.15) is 0 Å². The Bertz CT molecular complexity index is 1020. The van der Waals surface area contributed by atoms with Gasteiger partial charge in [0.05, 0.1) is 20.3 Å². The van der Waals surface area contributed by atoms with Gasteiger partial charge in [0.15, 0.2) is 11.5 Å². The molecule has 4 N–H and O–H groups in total. The molecule has 0 aromatic heterocycles. The van der Waals surface area contributed by atoms with Gasteiger partial charge in [-0.05, 0) is 56.2 Å². The van der Waals surface area contributed by atoms with Crippen molar-refractivity contribution in [1.82, 2.24) is 5.32 Å². The summed E-state index contributed by atoms with van der Waals surface area (Å²) in [4.78, 5) is 22.8. The summed E-state index contributed by atoms with van der Waals surface area (Å²) in [6, 6.07) is 9.48. The average molecular weight is 461 g/mol. The Morgan fingerprint density at radius 3 is 2.27 bits per heavy atom. The fourth-order valence-corrected chi connectivity index (χ4v) is 3.73. The molecule has 1 heterocycles. The molecule has 0 saturated heterocycles. The number of fused-ring (bicyclic) bond motifs is 1. The maximum absolute atomic E-state index is 11.4. The number of carboxylic acids is 2. The van der Waals surface area contributed by atoms with Gasteiger partial charge in [-0.1, -0.05) is 6.07 Å². The molecule has 0 spiro atoms. The van der Waals surface area contributed by atoms with E-state index in [0.29, 0.717) is 23.5 Å². The predicted molar refractivity (Wildman–Crippen MR) is 116 cm³/mol. The van der Waals surface area contributed by atoms with E-state index in [9.17, 15) is 24.9 Å². The molecule has 0 fully saturated rings. The van der Waals surface area contributed by atoms with Crippen molar-refractivity contribution in [2.45, 2.75) is 44.2 Å². The summed E-state index contributed by atoms with van der Waals surface area (Å²) in [5.41, 5.74) is 1.36. The van der Waals surface area contributed by atoms with Crippen LogP contribution in [0, 0.1) is 0 Å². The molecule has 2 aromatic rings. The van der Waals surface area contributed by atoms with Crippen LogP contribution in [0.2, 0.25) is 0 Å². The summed E-state index contributed by atoms with van der Waals surface area (Å²) in [5, 5.41) is 32.7. The molecular weight excluding hydrogens is 434 g/mol. The number of rotatable bonds is 10. The molecule has 1 aliphatic rings. The average Bonchev–Trinajstić information content (AvgIpc) is 3.18. The van der Waals surface area contributed by atoms with Crippen LogP contribution >= 0.6 is 0 Å². The van der Waals surface area contributed by atoms with Crippen LogP contribution in [0.25, 0.3) is 0 Å². The van der Waals surface area contributed by atoms with Gasteiger partial charge in [-0.3, -0.25) is 0 Å². The normalized spacial score (nSPS) is 16.5. The lowest BCUT2D eigenvalue weighted by Crippen LogP contribution is -2.54. The third kappa shape index (κ3) is 4.81. The van der Waals surface area contributed by atoms with Gasteiger partial charge in [0.25, 0.3) is 0 Å². The Labute approximate surface area is 190 Å². The van der Waals surface area contributed by atoms with Gasteiger partial charge in [0, 0.05) is 17.6 Å². The van der Waals surface area contributed by atoms with Crippen molar-refractivity contribution in [2.24, 2.45) is 0 Å². The second-order valence-electron chi connectivity index (χ2n) is 7.83. The number of hydrogen-bond acceptors (Lipinski definition) is 8. The van der Waals surface area contributed by atoms with Crippen molar-refractivity contribution in [1.29, 1.82) is 0 Å². The third-order valence-corrected chi connectivity index (χ3v) is 5.40. The van der Waals surface area contributed by atoms with Crippen molar-refractivity contribution in [3.8, 4) is 23.0 Å². The summed E-state index contributed by atoms with van der Waals surface area (Å²) in [7, 11) is 3.08. The number of carboxylic acid groups (broad SMARTS) is 2. The van der Waals surface area contributed by atoms with E-state index in [1.165, 1.54) is 13.2 Å². The Balaban J connectivity index is 1.68. The molecule has 178 valence electrons. The summed E-state index contributed by atoms with van der Waals surface area (Å²) < 4.78 is 20.8. The minimum absolute atomic E-state index is 0.0399. The molecule has 0 aliphatic carbocycles. The summed E-state index contributed by atoms with van der Waals surface area (Å²) >= 11 is 0. The molecule has 2 aromatic carbocycles. The van der Waals surface area contributed by atoms with E-state index in [0.717, 1.165) is 5.56 Å². The lowest BCUT2D eigenvalue weighted by atomic mass is 10.00. The first kappa shape index (κ1) is 24.1. The van der Waals surface area contributed by atoms with Gasteiger partial charge in [-0.25, -0.2) is 9.59 Å². The number of methoxy groups -OCH3 is 2. The summed E-state index contributed by atoms with van der Waals surface area (Å²) in [6.45, 7) is 3.77. The molecule has 1 aliphatic heterocycles. The number of aliphatic hydroxyl groups excluding tert-OH is 1. The van der Waals surface area contributed by atoms with Crippen molar-refractivity contribution < 1.29 is 43.9 Å². The molecule has 33 heavy (non-hydrogen) atoms. The molecular formula is C23H27NO9. The van der Waals surface area contributed by atoms with Gasteiger partial charge >= 0.3 is 17.7 Å². The number of ether oxygens (including phenoxy) is 4. The van der Waals surface area contributed by atoms with Gasteiger partial charge in [0.1, 0.15) is 11.5 Å². The molecule has 0 saturated carbocycles. The summed E-state index contributed by atoms with van der Waals surface area (Å²) in [6.07, 6.45) is -0.378. The smallest absolute Gasteiger partial charge is 0.453 e. The van der Waals surface area contributed by atoms with E-state index >= 15 is 0 Å². The van der Waals surface area contributed by atoms with Gasteiger partial charge in [0.2, 0.25) is 0 Å². The molecule has 0 amide bonds. The number of hydrogen-bond donors (Lipinski definition) is 4. The Morgan fingerprint density at radius 1 is 1.00 bits per heavy atom. The minimum Gasteiger partial charge on any atom is -0.497 e. The third-order valence-electron chi connectivity index (χ3n) is 5.40. The highest BCUT2D eigenvalue weighted by molar-refractivity contribution is 6.01. The van der Waals surface area contributed by atoms with Crippen LogP contribution in [-0.4, -0.2) is 59.3 Å². The number of carbonyl (C=O) groups is 2. The van der Waals surface area contributed by atoms with Crippen LogP contribution in [-0.2, 0) is 16.0 Å². The highest BCUT2D eigenvalue weighted by atomic mass is 16.8.